The van der Waals surface area contributed by atoms with Gasteiger partial charge in [0, 0.05) is 12.4 Å². The number of amides is 2. The first-order chi connectivity index (χ1) is 14.1. The Morgan fingerprint density at radius 1 is 1.17 bits per heavy atom. The van der Waals surface area contributed by atoms with Gasteiger partial charge in [-0.15, -0.1) is 11.3 Å². The van der Waals surface area contributed by atoms with E-state index in [-0.39, 0.29) is 16.4 Å². The molecule has 0 aliphatic rings. The molecule has 8 nitrogen and oxygen atoms in total. The summed E-state index contributed by atoms with van der Waals surface area (Å²) in [6.45, 7) is 1.66. The Hall–Kier alpha value is -3.12. The second kappa shape index (κ2) is 8.71. The lowest BCUT2D eigenvalue weighted by atomic mass is 10.2. The molecule has 0 fully saturated rings. The van der Waals surface area contributed by atoms with Crippen molar-refractivity contribution in [3.05, 3.63) is 63.2 Å². The highest BCUT2D eigenvalue weighted by molar-refractivity contribution is 7.13. The molecule has 3 heterocycles. The van der Waals surface area contributed by atoms with Crippen LogP contribution in [-0.2, 0) is 6.18 Å². The Balaban J connectivity index is 1.68. The summed E-state index contributed by atoms with van der Waals surface area (Å²) >= 11 is 6.48. The number of thiazole rings is 1. The number of alkyl halides is 3. The van der Waals surface area contributed by atoms with Crippen molar-refractivity contribution in [1.29, 1.82) is 0 Å². The maximum absolute atomic E-state index is 12.9. The normalized spacial score (nSPS) is 12.3. The largest absolute Gasteiger partial charge is 0.418 e. The molecule has 2 amide bonds. The van der Waals surface area contributed by atoms with Crippen LogP contribution < -0.4 is 10.6 Å². The van der Waals surface area contributed by atoms with Gasteiger partial charge in [0.25, 0.3) is 11.8 Å². The number of halogens is 4. The van der Waals surface area contributed by atoms with Gasteiger partial charge < -0.3 is 10.6 Å². The van der Waals surface area contributed by atoms with Crippen molar-refractivity contribution in [2.45, 2.75) is 19.1 Å². The lowest BCUT2D eigenvalue weighted by Crippen LogP contribution is -2.27. The average Bonchev–Trinajstić information content (AvgIpc) is 3.20. The summed E-state index contributed by atoms with van der Waals surface area (Å²) in [6, 6.07) is 1.55. The third kappa shape index (κ3) is 5.07. The monoisotopic (exact) mass is 456 g/mol. The highest BCUT2D eigenvalue weighted by Gasteiger charge is 2.34. The van der Waals surface area contributed by atoms with E-state index >= 15 is 0 Å². The first-order valence-corrected chi connectivity index (χ1v) is 9.41. The molecule has 2 N–H and O–H groups in total. The van der Waals surface area contributed by atoms with Crippen LogP contribution in [0.2, 0.25) is 5.02 Å². The van der Waals surface area contributed by atoms with Gasteiger partial charge in [0.05, 0.1) is 22.8 Å². The first kappa shape index (κ1) is 21.6. The van der Waals surface area contributed by atoms with Crippen LogP contribution in [0.25, 0.3) is 0 Å². The van der Waals surface area contributed by atoms with Crippen molar-refractivity contribution in [1.82, 2.24) is 25.3 Å². The Bertz CT molecular complexity index is 1080. The van der Waals surface area contributed by atoms with Crippen LogP contribution in [0.3, 0.4) is 0 Å². The number of pyridine rings is 1. The topological polar surface area (TPSA) is 110 Å². The summed E-state index contributed by atoms with van der Waals surface area (Å²) in [5, 5.41) is 4.80. The van der Waals surface area contributed by atoms with Gasteiger partial charge in [-0.3, -0.25) is 9.59 Å². The minimum atomic E-state index is -4.69. The van der Waals surface area contributed by atoms with Crippen LogP contribution in [-0.4, -0.2) is 31.8 Å². The molecular weight excluding hydrogens is 445 g/mol. The number of rotatable bonds is 5. The summed E-state index contributed by atoms with van der Waals surface area (Å²) in [7, 11) is 0. The van der Waals surface area contributed by atoms with Crippen molar-refractivity contribution in [3.63, 3.8) is 0 Å². The number of hydrogen-bond donors (Lipinski definition) is 2. The van der Waals surface area contributed by atoms with E-state index in [1.54, 1.807) is 6.92 Å². The van der Waals surface area contributed by atoms with E-state index in [0.717, 1.165) is 17.5 Å². The molecule has 0 aliphatic carbocycles. The molecule has 30 heavy (non-hydrogen) atoms. The number of anilines is 1. The summed E-state index contributed by atoms with van der Waals surface area (Å²) in [6.07, 6.45) is 0.0361. The van der Waals surface area contributed by atoms with Gasteiger partial charge in [0.1, 0.15) is 27.7 Å². The average molecular weight is 457 g/mol. The summed E-state index contributed by atoms with van der Waals surface area (Å²) in [5.41, 5.74) is -0.943. The maximum atomic E-state index is 12.9. The summed E-state index contributed by atoms with van der Waals surface area (Å²) in [5.74, 6) is -1.45. The lowest BCUT2D eigenvalue weighted by molar-refractivity contribution is -0.137. The smallest absolute Gasteiger partial charge is 0.342 e. The molecule has 0 saturated heterocycles. The fraction of sp³-hybridized carbons (Fsp3) is 0.176. The molecule has 1 atom stereocenters. The van der Waals surface area contributed by atoms with Crippen molar-refractivity contribution in [2.75, 3.05) is 5.32 Å². The van der Waals surface area contributed by atoms with E-state index in [1.165, 1.54) is 24.8 Å². The predicted molar refractivity (Wildman–Crippen MR) is 102 cm³/mol. The van der Waals surface area contributed by atoms with Crippen molar-refractivity contribution in [2.24, 2.45) is 0 Å². The van der Waals surface area contributed by atoms with E-state index < -0.39 is 34.6 Å². The van der Waals surface area contributed by atoms with Gasteiger partial charge in [-0.05, 0) is 19.1 Å². The molecule has 3 rings (SSSR count). The molecule has 0 aromatic carbocycles. The molecule has 0 saturated carbocycles. The number of carbonyl (C=O) groups is 2. The second-order valence-corrected chi connectivity index (χ2v) is 7.32. The predicted octanol–water partition coefficient (Wildman–Crippen LogP) is 3.74. The van der Waals surface area contributed by atoms with Crippen molar-refractivity contribution in [3.8, 4) is 0 Å². The minimum absolute atomic E-state index is 0.124. The number of hydrogen-bond acceptors (Lipinski definition) is 7. The van der Waals surface area contributed by atoms with Gasteiger partial charge in [0.2, 0.25) is 0 Å². The van der Waals surface area contributed by atoms with Crippen LogP contribution >= 0.6 is 22.9 Å². The Labute approximate surface area is 176 Å². The van der Waals surface area contributed by atoms with Crippen molar-refractivity contribution >= 4 is 40.6 Å². The Morgan fingerprint density at radius 3 is 2.60 bits per heavy atom. The van der Waals surface area contributed by atoms with E-state index in [4.69, 9.17) is 11.6 Å². The molecule has 156 valence electrons. The molecule has 0 radical (unpaired) electrons. The fourth-order valence-corrected chi connectivity index (χ4v) is 3.28. The first-order valence-electron chi connectivity index (χ1n) is 8.22. The third-order valence-corrected chi connectivity index (χ3v) is 5.16. The molecular formula is C17H12ClF3N6O2S. The molecule has 0 spiro atoms. The summed E-state index contributed by atoms with van der Waals surface area (Å²) < 4.78 is 38.8. The van der Waals surface area contributed by atoms with Crippen molar-refractivity contribution < 1.29 is 22.8 Å². The maximum Gasteiger partial charge on any atom is 0.418 e. The van der Waals surface area contributed by atoms with E-state index in [1.807, 2.05) is 0 Å². The number of nitrogens with zero attached hydrogens (tertiary/aromatic N) is 4. The van der Waals surface area contributed by atoms with Crippen LogP contribution in [0.4, 0.5) is 19.0 Å². The van der Waals surface area contributed by atoms with E-state index in [2.05, 4.69) is 30.6 Å². The molecule has 13 heteroatoms. The van der Waals surface area contributed by atoms with Gasteiger partial charge >= 0.3 is 6.18 Å². The number of nitrogens with one attached hydrogen (secondary N) is 2. The quantitative estimate of drug-likeness (QED) is 0.605. The van der Waals surface area contributed by atoms with Gasteiger partial charge in [-0.25, -0.2) is 19.9 Å². The SMILES string of the molecule is CC(NC(=O)c1ccncn1)c1ncc(C(=O)Nc2cc(C(F)(F)F)c(Cl)cn2)s1. The molecule has 0 bridgehead atoms. The van der Waals surface area contributed by atoms with Gasteiger partial charge in [-0.1, -0.05) is 11.6 Å². The highest BCUT2D eigenvalue weighted by atomic mass is 35.5. The Morgan fingerprint density at radius 2 is 1.93 bits per heavy atom. The second-order valence-electron chi connectivity index (χ2n) is 5.85. The van der Waals surface area contributed by atoms with Crippen LogP contribution in [0.1, 0.15) is 43.7 Å². The van der Waals surface area contributed by atoms with Gasteiger partial charge in [-0.2, -0.15) is 13.2 Å². The molecule has 0 aliphatic heterocycles. The summed E-state index contributed by atoms with van der Waals surface area (Å²) in [4.78, 5) is 39.9. The van der Waals surface area contributed by atoms with Crippen LogP contribution in [0, 0.1) is 0 Å². The van der Waals surface area contributed by atoms with E-state index in [0.29, 0.717) is 11.1 Å². The minimum Gasteiger partial charge on any atom is -0.342 e. The zero-order chi connectivity index (χ0) is 21.9. The lowest BCUT2D eigenvalue weighted by Gasteiger charge is -2.11. The zero-order valence-electron chi connectivity index (χ0n) is 15.1. The fourth-order valence-electron chi connectivity index (χ4n) is 2.25. The van der Waals surface area contributed by atoms with E-state index in [9.17, 15) is 22.8 Å². The number of carbonyl (C=O) groups excluding carboxylic acids is 2. The molecule has 3 aromatic heterocycles. The Kier molecular flexibility index (Phi) is 6.27. The molecule has 3 aromatic rings. The molecule has 1 unspecified atom stereocenters. The number of aromatic nitrogens is 4. The highest BCUT2D eigenvalue weighted by Crippen LogP contribution is 2.35. The van der Waals surface area contributed by atoms with Crippen LogP contribution in [0.5, 0.6) is 0 Å². The third-order valence-electron chi connectivity index (χ3n) is 3.68. The zero-order valence-corrected chi connectivity index (χ0v) is 16.6. The standard InChI is InChI=1S/C17H12ClF3N6O2S/c1-8(26-14(28)11-2-3-22-7-25-11)16-24-6-12(30-16)15(29)27-13-4-9(17(19,20)21)10(18)5-23-13/h2-8H,1H3,(H,26,28)(H,23,27,29). The van der Waals surface area contributed by atoms with Gasteiger partial charge in [0.15, 0.2) is 0 Å². The van der Waals surface area contributed by atoms with Crippen LogP contribution in [0.15, 0.2) is 37.1 Å².